The first-order chi connectivity index (χ1) is 7.88. The first-order valence-corrected chi connectivity index (χ1v) is 8.00. The number of hydrogen-bond donors (Lipinski definition) is 1. The number of nitrogens with two attached hydrogens (primary N) is 1. The van der Waals surface area contributed by atoms with E-state index in [0.717, 1.165) is 18.4 Å². The van der Waals surface area contributed by atoms with Crippen LogP contribution in [0.15, 0.2) is 15.7 Å². The zero-order valence-corrected chi connectivity index (χ0v) is 11.8. The summed E-state index contributed by atoms with van der Waals surface area (Å²) in [6.45, 7) is 4.96. The Bertz CT molecular complexity index is 505. The quantitative estimate of drug-likeness (QED) is 0.913. The molecule has 0 spiro atoms. The lowest BCUT2D eigenvalue weighted by Gasteiger charge is -2.29. The van der Waals surface area contributed by atoms with E-state index in [1.54, 1.807) is 10.4 Å². The number of sulfonamides is 1. The van der Waals surface area contributed by atoms with Gasteiger partial charge in [-0.05, 0) is 43.7 Å². The second kappa shape index (κ2) is 4.35. The number of nitrogens with zero attached hydrogens (tertiary/aromatic N) is 1. The van der Waals surface area contributed by atoms with Crippen LogP contribution < -0.4 is 5.73 Å². The molecule has 0 aliphatic carbocycles. The second-order valence-electron chi connectivity index (χ2n) is 4.97. The first-order valence-electron chi connectivity index (χ1n) is 5.68. The third-order valence-corrected chi connectivity index (χ3v) is 6.81. The Hall–Kier alpha value is -0.430. The van der Waals surface area contributed by atoms with Crippen molar-refractivity contribution in [2.75, 3.05) is 6.54 Å². The molecule has 1 aromatic heterocycles. The lowest BCUT2D eigenvalue weighted by Crippen LogP contribution is -2.42. The molecule has 96 valence electrons. The lowest BCUT2D eigenvalue weighted by atomic mass is 10.0. The van der Waals surface area contributed by atoms with Crippen LogP contribution in [0.25, 0.3) is 0 Å². The maximum absolute atomic E-state index is 12.5. The molecule has 6 heteroatoms. The molecule has 2 heterocycles. The van der Waals surface area contributed by atoms with E-state index < -0.39 is 10.0 Å². The number of hydrogen-bond acceptors (Lipinski definition) is 4. The Labute approximate surface area is 106 Å². The van der Waals surface area contributed by atoms with Crippen molar-refractivity contribution >= 4 is 21.4 Å². The van der Waals surface area contributed by atoms with Crippen molar-refractivity contribution in [2.24, 2.45) is 5.73 Å². The van der Waals surface area contributed by atoms with Gasteiger partial charge < -0.3 is 5.73 Å². The summed E-state index contributed by atoms with van der Waals surface area (Å²) < 4.78 is 27.0. The lowest BCUT2D eigenvalue weighted by molar-refractivity contribution is 0.292. The van der Waals surface area contributed by atoms with E-state index in [9.17, 15) is 8.42 Å². The molecular formula is C11H18N2O2S2. The number of thiophene rings is 1. The molecule has 0 unspecified atom stereocenters. The van der Waals surface area contributed by atoms with Gasteiger partial charge in [0.25, 0.3) is 10.0 Å². The van der Waals surface area contributed by atoms with Crippen molar-refractivity contribution in [3.8, 4) is 0 Å². The SMILES string of the molecule is CC1(C)CCCN1S(=O)(=O)c1cc(CN)cs1. The van der Waals surface area contributed by atoms with Gasteiger partial charge in [0.15, 0.2) is 0 Å². The van der Waals surface area contributed by atoms with Gasteiger partial charge in [-0.1, -0.05) is 0 Å². The summed E-state index contributed by atoms with van der Waals surface area (Å²) in [4.78, 5) is 0. The third-order valence-electron chi connectivity index (χ3n) is 3.23. The summed E-state index contributed by atoms with van der Waals surface area (Å²) >= 11 is 1.26. The minimum absolute atomic E-state index is 0.272. The molecule has 0 bridgehead atoms. The molecule has 1 aliphatic heterocycles. The van der Waals surface area contributed by atoms with Gasteiger partial charge >= 0.3 is 0 Å². The monoisotopic (exact) mass is 274 g/mol. The van der Waals surface area contributed by atoms with Crippen LogP contribution in [0.3, 0.4) is 0 Å². The summed E-state index contributed by atoms with van der Waals surface area (Å²) in [5.41, 5.74) is 6.12. The van der Waals surface area contributed by atoms with Crippen LogP contribution in [0, 0.1) is 0 Å². The molecule has 0 saturated carbocycles. The van der Waals surface area contributed by atoms with Gasteiger partial charge in [0.05, 0.1) is 0 Å². The molecular weight excluding hydrogens is 256 g/mol. The molecule has 1 aliphatic rings. The molecule has 0 aromatic carbocycles. The van der Waals surface area contributed by atoms with Crippen LogP contribution in [0.4, 0.5) is 0 Å². The highest BCUT2D eigenvalue weighted by atomic mass is 32.2. The van der Waals surface area contributed by atoms with E-state index >= 15 is 0 Å². The summed E-state index contributed by atoms with van der Waals surface area (Å²) in [6.07, 6.45) is 1.85. The maximum atomic E-state index is 12.5. The molecule has 1 saturated heterocycles. The zero-order chi connectivity index (χ0) is 12.7. The summed E-state index contributed by atoms with van der Waals surface area (Å²) in [5, 5.41) is 1.82. The molecule has 0 amide bonds. The Kier molecular flexibility index (Phi) is 3.33. The van der Waals surface area contributed by atoms with Crippen molar-refractivity contribution in [3.63, 3.8) is 0 Å². The van der Waals surface area contributed by atoms with Gasteiger partial charge in [0.2, 0.25) is 0 Å². The van der Waals surface area contributed by atoms with Crippen LogP contribution in [0.5, 0.6) is 0 Å². The molecule has 0 atom stereocenters. The molecule has 2 N–H and O–H groups in total. The normalized spacial score (nSPS) is 20.9. The Morgan fingerprint density at radius 2 is 2.24 bits per heavy atom. The standard InChI is InChI=1S/C11H18N2O2S2/c1-11(2)4-3-5-13(11)17(14,15)10-6-9(7-12)8-16-10/h6,8H,3-5,7,12H2,1-2H3. The molecule has 0 radical (unpaired) electrons. The predicted molar refractivity (Wildman–Crippen MR) is 69.4 cm³/mol. The average molecular weight is 274 g/mol. The Morgan fingerprint density at radius 3 is 2.71 bits per heavy atom. The summed E-state index contributed by atoms with van der Waals surface area (Å²) in [6, 6.07) is 1.69. The van der Waals surface area contributed by atoms with E-state index in [4.69, 9.17) is 5.73 Å². The fourth-order valence-electron chi connectivity index (χ4n) is 2.23. The summed E-state index contributed by atoms with van der Waals surface area (Å²) in [5.74, 6) is 0. The van der Waals surface area contributed by atoms with Crippen LogP contribution in [0.1, 0.15) is 32.3 Å². The largest absolute Gasteiger partial charge is 0.326 e. The van der Waals surface area contributed by atoms with Crippen molar-refractivity contribution < 1.29 is 8.42 Å². The van der Waals surface area contributed by atoms with Crippen molar-refractivity contribution in [2.45, 2.75) is 43.0 Å². The Morgan fingerprint density at radius 1 is 1.53 bits per heavy atom. The van der Waals surface area contributed by atoms with Crippen LogP contribution in [-0.2, 0) is 16.6 Å². The predicted octanol–water partition coefficient (Wildman–Crippen LogP) is 1.77. The molecule has 1 aromatic rings. The fraction of sp³-hybridized carbons (Fsp3) is 0.636. The molecule has 1 fully saturated rings. The topological polar surface area (TPSA) is 63.4 Å². The minimum Gasteiger partial charge on any atom is -0.326 e. The Balaban J connectivity index is 2.36. The first kappa shape index (κ1) is 13.0. The van der Waals surface area contributed by atoms with Crippen molar-refractivity contribution in [1.29, 1.82) is 0 Å². The van der Waals surface area contributed by atoms with Gasteiger partial charge in [-0.25, -0.2) is 8.42 Å². The highest BCUT2D eigenvalue weighted by molar-refractivity contribution is 7.91. The van der Waals surface area contributed by atoms with Crippen LogP contribution in [-0.4, -0.2) is 24.8 Å². The van der Waals surface area contributed by atoms with Gasteiger partial charge in [0, 0.05) is 18.6 Å². The average Bonchev–Trinajstić information content (AvgIpc) is 2.83. The highest BCUT2D eigenvalue weighted by Gasteiger charge is 2.41. The van der Waals surface area contributed by atoms with E-state index in [1.165, 1.54) is 11.3 Å². The van der Waals surface area contributed by atoms with Crippen molar-refractivity contribution in [1.82, 2.24) is 4.31 Å². The van der Waals surface area contributed by atoms with Gasteiger partial charge in [-0.3, -0.25) is 0 Å². The van der Waals surface area contributed by atoms with Crippen molar-refractivity contribution in [3.05, 3.63) is 17.0 Å². The van der Waals surface area contributed by atoms with Gasteiger partial charge in [0.1, 0.15) is 4.21 Å². The second-order valence-corrected chi connectivity index (χ2v) is 7.97. The zero-order valence-electron chi connectivity index (χ0n) is 10.1. The molecule has 2 rings (SSSR count). The maximum Gasteiger partial charge on any atom is 0.253 e. The van der Waals surface area contributed by atoms with Crippen LogP contribution in [0.2, 0.25) is 0 Å². The third kappa shape index (κ3) is 2.27. The van der Waals surface area contributed by atoms with Crippen LogP contribution >= 0.6 is 11.3 Å². The fourth-order valence-corrected chi connectivity index (χ4v) is 5.41. The smallest absolute Gasteiger partial charge is 0.253 e. The highest BCUT2D eigenvalue weighted by Crippen LogP contribution is 2.35. The van der Waals surface area contributed by atoms with Gasteiger partial charge in [-0.15, -0.1) is 11.3 Å². The molecule has 4 nitrogen and oxygen atoms in total. The minimum atomic E-state index is -3.34. The molecule has 17 heavy (non-hydrogen) atoms. The van der Waals surface area contributed by atoms with Gasteiger partial charge in [-0.2, -0.15) is 4.31 Å². The van der Waals surface area contributed by atoms with E-state index in [-0.39, 0.29) is 5.54 Å². The van der Waals surface area contributed by atoms with E-state index in [1.807, 2.05) is 19.2 Å². The number of rotatable bonds is 3. The van der Waals surface area contributed by atoms with E-state index in [2.05, 4.69) is 0 Å². The van der Waals surface area contributed by atoms with E-state index in [0.29, 0.717) is 17.3 Å². The summed E-state index contributed by atoms with van der Waals surface area (Å²) in [7, 11) is -3.34.